The first kappa shape index (κ1) is 18.5. The lowest BCUT2D eigenvalue weighted by Gasteiger charge is -2.35. The fourth-order valence-electron chi connectivity index (χ4n) is 3.82. The van der Waals surface area contributed by atoms with Crippen LogP contribution in [0.5, 0.6) is 0 Å². The van der Waals surface area contributed by atoms with Gasteiger partial charge in [0.1, 0.15) is 5.82 Å². The number of nitrogens with one attached hydrogen (secondary N) is 1. The molecule has 1 atom stereocenters. The lowest BCUT2D eigenvalue weighted by Crippen LogP contribution is -2.33. The van der Waals surface area contributed by atoms with Crippen LogP contribution in [0.4, 0.5) is 5.69 Å². The molecule has 0 aliphatic carbocycles. The van der Waals surface area contributed by atoms with Gasteiger partial charge in [-0.05, 0) is 69.5 Å². The average molecular weight is 379 g/mol. The summed E-state index contributed by atoms with van der Waals surface area (Å²) in [4.78, 5) is 16.9. The average Bonchev–Trinajstić information content (AvgIpc) is 3.34. The minimum atomic E-state index is -0.256. The maximum Gasteiger partial charge on any atom is 0.291 e. The van der Waals surface area contributed by atoms with E-state index >= 15 is 0 Å². The molecule has 6 heteroatoms. The number of furan rings is 1. The number of amides is 1. The van der Waals surface area contributed by atoms with E-state index in [0.29, 0.717) is 11.7 Å². The molecule has 1 N–H and O–H groups in total. The second-order valence-corrected chi connectivity index (χ2v) is 7.88. The van der Waals surface area contributed by atoms with Gasteiger partial charge in [-0.2, -0.15) is 0 Å². The Bertz CT molecular complexity index is 973. The van der Waals surface area contributed by atoms with Crippen LogP contribution < -0.4 is 5.32 Å². The van der Waals surface area contributed by atoms with Gasteiger partial charge in [-0.25, -0.2) is 4.98 Å². The Morgan fingerprint density at radius 1 is 1.32 bits per heavy atom. The predicted octanol–water partition coefficient (Wildman–Crippen LogP) is 4.70. The van der Waals surface area contributed by atoms with Gasteiger partial charge in [0.2, 0.25) is 0 Å². The normalized spacial score (nSPS) is 18.8. The number of nitrogens with zero attached hydrogens (tertiary/aromatic N) is 2. The third-order valence-corrected chi connectivity index (χ3v) is 5.21. The van der Waals surface area contributed by atoms with Crippen molar-refractivity contribution in [3.63, 3.8) is 0 Å². The Morgan fingerprint density at radius 3 is 2.89 bits per heavy atom. The number of rotatable bonds is 4. The van der Waals surface area contributed by atoms with Gasteiger partial charge in [0.25, 0.3) is 5.91 Å². The van der Waals surface area contributed by atoms with E-state index in [2.05, 4.69) is 34.8 Å². The predicted molar refractivity (Wildman–Crippen MR) is 107 cm³/mol. The van der Waals surface area contributed by atoms with E-state index in [4.69, 9.17) is 9.15 Å². The van der Waals surface area contributed by atoms with E-state index in [9.17, 15) is 4.79 Å². The number of ether oxygens (including phenoxy) is 1. The molecule has 1 fully saturated rings. The maximum absolute atomic E-state index is 12.2. The summed E-state index contributed by atoms with van der Waals surface area (Å²) >= 11 is 0. The number of imidazole rings is 1. The van der Waals surface area contributed by atoms with Crippen molar-refractivity contribution in [2.24, 2.45) is 0 Å². The van der Waals surface area contributed by atoms with Crippen molar-refractivity contribution >= 4 is 11.6 Å². The molecule has 2 aromatic heterocycles. The molecule has 1 saturated heterocycles. The lowest BCUT2D eigenvalue weighted by atomic mass is 9.87. The van der Waals surface area contributed by atoms with Gasteiger partial charge in [0.15, 0.2) is 5.76 Å². The van der Waals surface area contributed by atoms with Crippen LogP contribution in [0.3, 0.4) is 0 Å². The smallest absolute Gasteiger partial charge is 0.291 e. The summed E-state index contributed by atoms with van der Waals surface area (Å²) in [6.45, 7) is 7.00. The minimum Gasteiger partial charge on any atom is -0.459 e. The third kappa shape index (κ3) is 3.73. The van der Waals surface area contributed by atoms with Crippen LogP contribution in [-0.2, 0) is 4.74 Å². The molecule has 4 rings (SSSR count). The molecule has 0 bridgehead atoms. The molecule has 28 heavy (non-hydrogen) atoms. The minimum absolute atomic E-state index is 0.129. The highest BCUT2D eigenvalue weighted by atomic mass is 16.5. The number of hydrogen-bond donors (Lipinski definition) is 1. The summed E-state index contributed by atoms with van der Waals surface area (Å²) in [6.07, 6.45) is 7.24. The monoisotopic (exact) mass is 379 g/mol. The van der Waals surface area contributed by atoms with E-state index < -0.39 is 0 Å². The largest absolute Gasteiger partial charge is 0.459 e. The highest BCUT2D eigenvalue weighted by Gasteiger charge is 2.32. The van der Waals surface area contributed by atoms with Crippen LogP contribution in [0.1, 0.15) is 54.5 Å². The van der Waals surface area contributed by atoms with E-state index in [0.717, 1.165) is 42.2 Å². The highest BCUT2D eigenvalue weighted by Crippen LogP contribution is 2.36. The van der Waals surface area contributed by atoms with Crippen molar-refractivity contribution in [1.29, 1.82) is 0 Å². The molecule has 0 spiro atoms. The van der Waals surface area contributed by atoms with Gasteiger partial charge in [-0.1, -0.05) is 0 Å². The molecule has 1 aromatic carbocycles. The number of carbonyl (C=O) groups excluding carboxylic acids is 1. The topological polar surface area (TPSA) is 69.3 Å². The van der Waals surface area contributed by atoms with Crippen LogP contribution in [0.25, 0.3) is 5.69 Å². The first-order chi connectivity index (χ1) is 13.4. The number of aromatic nitrogens is 2. The Hall–Kier alpha value is -2.86. The van der Waals surface area contributed by atoms with Crippen molar-refractivity contribution in [2.75, 3.05) is 11.9 Å². The Kier molecular flexibility index (Phi) is 4.81. The molecule has 1 aliphatic rings. The second-order valence-electron chi connectivity index (χ2n) is 7.88. The van der Waals surface area contributed by atoms with Crippen molar-refractivity contribution in [3.8, 4) is 5.69 Å². The molecule has 0 saturated carbocycles. The number of anilines is 1. The zero-order valence-electron chi connectivity index (χ0n) is 16.4. The molecule has 3 heterocycles. The van der Waals surface area contributed by atoms with E-state index in [-0.39, 0.29) is 11.5 Å². The first-order valence-corrected chi connectivity index (χ1v) is 9.56. The molecular formula is C22H25N3O3. The Morgan fingerprint density at radius 2 is 2.18 bits per heavy atom. The van der Waals surface area contributed by atoms with Gasteiger partial charge < -0.3 is 19.0 Å². The van der Waals surface area contributed by atoms with Crippen molar-refractivity contribution in [2.45, 2.75) is 45.1 Å². The molecule has 1 amide bonds. The van der Waals surface area contributed by atoms with Gasteiger partial charge in [0, 0.05) is 36.3 Å². The van der Waals surface area contributed by atoms with Crippen molar-refractivity contribution in [1.82, 2.24) is 9.55 Å². The fraction of sp³-hybridized carbons (Fsp3) is 0.364. The van der Waals surface area contributed by atoms with E-state index in [1.807, 2.05) is 31.5 Å². The second kappa shape index (κ2) is 7.28. The van der Waals surface area contributed by atoms with Gasteiger partial charge in [0.05, 0.1) is 11.9 Å². The zero-order chi connectivity index (χ0) is 19.7. The van der Waals surface area contributed by atoms with Crippen LogP contribution in [0.15, 0.2) is 53.4 Å². The van der Waals surface area contributed by atoms with Crippen LogP contribution in [-0.4, -0.2) is 27.7 Å². The standard InChI is InChI=1S/C22H25N3O3/c1-15-13-17(6-7-18(15)24-21(26)19-5-4-11-27-19)25-10-9-23-20(25)16-8-12-28-22(2,3)14-16/h4-7,9-11,13,16H,8,12,14H2,1-3H3,(H,24,26). The van der Waals surface area contributed by atoms with Gasteiger partial charge in [-0.15, -0.1) is 0 Å². The van der Waals surface area contributed by atoms with Crippen molar-refractivity contribution < 1.29 is 13.9 Å². The molecule has 146 valence electrons. The number of hydrogen-bond acceptors (Lipinski definition) is 4. The number of aryl methyl sites for hydroxylation is 1. The van der Waals surface area contributed by atoms with Crippen LogP contribution in [0.2, 0.25) is 0 Å². The summed E-state index contributed by atoms with van der Waals surface area (Å²) in [5, 5.41) is 2.90. The number of carbonyl (C=O) groups is 1. The molecular weight excluding hydrogens is 354 g/mol. The molecule has 3 aromatic rings. The van der Waals surface area contributed by atoms with Gasteiger partial charge >= 0.3 is 0 Å². The SMILES string of the molecule is Cc1cc(-n2ccnc2C2CCOC(C)(C)C2)ccc1NC(=O)c1ccco1. The lowest BCUT2D eigenvalue weighted by molar-refractivity contribution is -0.0604. The zero-order valence-corrected chi connectivity index (χ0v) is 16.4. The highest BCUT2D eigenvalue weighted by molar-refractivity contribution is 6.02. The molecule has 6 nitrogen and oxygen atoms in total. The number of benzene rings is 1. The van der Waals surface area contributed by atoms with Crippen LogP contribution in [0, 0.1) is 6.92 Å². The van der Waals surface area contributed by atoms with E-state index in [1.54, 1.807) is 12.1 Å². The van der Waals surface area contributed by atoms with Crippen LogP contribution >= 0.6 is 0 Å². The Labute approximate surface area is 164 Å². The van der Waals surface area contributed by atoms with Crippen molar-refractivity contribution in [3.05, 3.63) is 66.1 Å². The summed E-state index contributed by atoms with van der Waals surface area (Å²) < 4.78 is 13.1. The first-order valence-electron chi connectivity index (χ1n) is 9.56. The summed E-state index contributed by atoms with van der Waals surface area (Å²) in [7, 11) is 0. The quantitative estimate of drug-likeness (QED) is 0.713. The van der Waals surface area contributed by atoms with Gasteiger partial charge in [-0.3, -0.25) is 4.79 Å². The van der Waals surface area contributed by atoms with E-state index in [1.165, 1.54) is 6.26 Å². The maximum atomic E-state index is 12.2. The summed E-state index contributed by atoms with van der Waals surface area (Å²) in [5.74, 6) is 1.46. The molecule has 1 unspecified atom stereocenters. The summed E-state index contributed by atoms with van der Waals surface area (Å²) in [6, 6.07) is 9.33. The molecule has 0 radical (unpaired) electrons. The molecule has 1 aliphatic heterocycles. The Balaban J connectivity index is 1.57. The third-order valence-electron chi connectivity index (χ3n) is 5.21. The summed E-state index contributed by atoms with van der Waals surface area (Å²) in [5.41, 5.74) is 2.64. The fourth-order valence-corrected chi connectivity index (χ4v) is 3.82.